The van der Waals surface area contributed by atoms with Crippen LogP contribution in [-0.2, 0) is 0 Å². The fourth-order valence-electron chi connectivity index (χ4n) is 2.33. The first-order valence-corrected chi connectivity index (χ1v) is 4.91. The summed E-state index contributed by atoms with van der Waals surface area (Å²) in [6.45, 7) is 7.08. The molecule has 0 spiro atoms. The fraction of sp³-hybridized carbons (Fsp3) is 1.00. The van der Waals surface area contributed by atoms with E-state index in [2.05, 4.69) is 20.8 Å². The van der Waals surface area contributed by atoms with Gasteiger partial charge in [0.05, 0.1) is 6.54 Å². The number of hydrogen-bond acceptors (Lipinski definition) is 1. The van der Waals surface area contributed by atoms with Crippen LogP contribution in [0.25, 0.3) is 0 Å². The van der Waals surface area contributed by atoms with Crippen molar-refractivity contribution in [2.45, 2.75) is 39.2 Å². The van der Waals surface area contributed by atoms with Gasteiger partial charge in [0.25, 0.3) is 5.92 Å². The minimum atomic E-state index is -2.41. The quantitative estimate of drug-likeness (QED) is 0.612. The Hall–Kier alpha value is -0.180. The van der Waals surface area contributed by atoms with Crippen LogP contribution in [0.1, 0.15) is 27.2 Å². The molecule has 0 radical (unpaired) electrons. The molecule has 2 rings (SSSR count). The van der Waals surface area contributed by atoms with Crippen LogP contribution < -0.4 is 0 Å². The van der Waals surface area contributed by atoms with E-state index in [1.807, 2.05) is 4.90 Å². The molecular weight excluding hydrogens is 172 g/mol. The van der Waals surface area contributed by atoms with E-state index in [9.17, 15) is 8.78 Å². The Bertz CT molecular complexity index is 219. The highest BCUT2D eigenvalue weighted by atomic mass is 19.3. The molecule has 0 aromatic rings. The number of piperidine rings is 1. The number of rotatable bonds is 1. The monoisotopic (exact) mass is 189 g/mol. The fourth-order valence-corrected chi connectivity index (χ4v) is 2.33. The molecule has 3 heteroatoms. The van der Waals surface area contributed by atoms with Gasteiger partial charge in [-0.15, -0.1) is 0 Å². The normalized spacial score (nSPS) is 37.6. The van der Waals surface area contributed by atoms with Gasteiger partial charge in [-0.2, -0.15) is 0 Å². The number of halogens is 2. The number of hydrogen-bond donors (Lipinski definition) is 0. The van der Waals surface area contributed by atoms with E-state index >= 15 is 0 Å². The van der Waals surface area contributed by atoms with Crippen LogP contribution in [-0.4, -0.2) is 30.0 Å². The molecule has 76 valence electrons. The Balaban J connectivity index is 1.98. The molecule has 2 fully saturated rings. The smallest absolute Gasteiger partial charge is 0.264 e. The third kappa shape index (κ3) is 1.71. The van der Waals surface area contributed by atoms with Crippen LogP contribution in [0.4, 0.5) is 8.78 Å². The average Bonchev–Trinajstić information content (AvgIpc) is 2.53. The van der Waals surface area contributed by atoms with Gasteiger partial charge >= 0.3 is 0 Å². The van der Waals surface area contributed by atoms with E-state index < -0.39 is 5.92 Å². The van der Waals surface area contributed by atoms with E-state index in [4.69, 9.17) is 0 Å². The largest absolute Gasteiger partial charge is 0.293 e. The summed E-state index contributed by atoms with van der Waals surface area (Å²) >= 11 is 0. The summed E-state index contributed by atoms with van der Waals surface area (Å²) < 4.78 is 26.3. The zero-order valence-corrected chi connectivity index (χ0v) is 8.48. The predicted molar refractivity (Wildman–Crippen MR) is 47.9 cm³/mol. The maximum absolute atomic E-state index is 13.2. The standard InChI is InChI=1S/C10H17F2N/c1-9(2,3)5-13-6-10(11,12)7-4-8(7)13/h7-8H,4-6H2,1-3H3. The van der Waals surface area contributed by atoms with Crippen molar-refractivity contribution in [3.8, 4) is 0 Å². The van der Waals surface area contributed by atoms with E-state index in [1.54, 1.807) is 0 Å². The van der Waals surface area contributed by atoms with Crippen molar-refractivity contribution in [3.63, 3.8) is 0 Å². The highest BCUT2D eigenvalue weighted by molar-refractivity contribution is 5.10. The summed E-state index contributed by atoms with van der Waals surface area (Å²) in [5.74, 6) is -2.73. The van der Waals surface area contributed by atoms with E-state index in [1.165, 1.54) is 0 Å². The maximum atomic E-state index is 13.2. The topological polar surface area (TPSA) is 3.24 Å². The Morgan fingerprint density at radius 2 is 2.00 bits per heavy atom. The minimum absolute atomic E-state index is 0.0143. The van der Waals surface area contributed by atoms with Crippen LogP contribution >= 0.6 is 0 Å². The molecule has 2 atom stereocenters. The zero-order valence-electron chi connectivity index (χ0n) is 8.48. The van der Waals surface area contributed by atoms with Crippen molar-refractivity contribution in [1.82, 2.24) is 4.90 Å². The Labute approximate surface area is 78.1 Å². The second-order valence-electron chi connectivity index (χ2n) is 5.64. The molecule has 2 aliphatic rings. The lowest BCUT2D eigenvalue weighted by molar-refractivity contribution is -0.0196. The van der Waals surface area contributed by atoms with Gasteiger partial charge in [0.1, 0.15) is 0 Å². The van der Waals surface area contributed by atoms with E-state index in [-0.39, 0.29) is 23.9 Å². The summed E-state index contributed by atoms with van der Waals surface area (Å²) in [4.78, 5) is 1.96. The van der Waals surface area contributed by atoms with Crippen LogP contribution in [0, 0.1) is 11.3 Å². The van der Waals surface area contributed by atoms with Crippen LogP contribution in [0.3, 0.4) is 0 Å². The van der Waals surface area contributed by atoms with Gasteiger partial charge in [-0.25, -0.2) is 8.78 Å². The summed E-state index contributed by atoms with van der Waals surface area (Å²) in [6, 6.07) is 0.189. The third-order valence-corrected chi connectivity index (χ3v) is 2.86. The molecule has 1 aliphatic heterocycles. The molecule has 1 nitrogen and oxygen atoms in total. The number of nitrogens with zero attached hydrogens (tertiary/aromatic N) is 1. The Kier molecular flexibility index (Phi) is 1.76. The molecule has 1 saturated carbocycles. The summed E-state index contributed by atoms with van der Waals surface area (Å²) in [5.41, 5.74) is 0.132. The van der Waals surface area contributed by atoms with Gasteiger partial charge in [-0.05, 0) is 11.8 Å². The SMILES string of the molecule is CC(C)(C)CN1CC(F)(F)C2CC21. The van der Waals surface area contributed by atoms with Crippen LogP contribution in [0.15, 0.2) is 0 Å². The predicted octanol–water partition coefficient (Wildman–Crippen LogP) is 2.37. The second kappa shape index (κ2) is 2.44. The van der Waals surface area contributed by atoms with Gasteiger partial charge in [-0.3, -0.25) is 4.90 Å². The third-order valence-electron chi connectivity index (χ3n) is 2.86. The summed E-state index contributed by atoms with van der Waals surface area (Å²) in [6.07, 6.45) is 0.711. The Morgan fingerprint density at radius 3 is 2.31 bits per heavy atom. The molecule has 0 aromatic carbocycles. The van der Waals surface area contributed by atoms with Gasteiger partial charge in [0, 0.05) is 18.5 Å². The van der Waals surface area contributed by atoms with Gasteiger partial charge < -0.3 is 0 Å². The molecule has 0 amide bonds. The molecular formula is C10H17F2N. The van der Waals surface area contributed by atoms with Crippen molar-refractivity contribution in [1.29, 1.82) is 0 Å². The minimum Gasteiger partial charge on any atom is -0.293 e. The van der Waals surface area contributed by atoms with Crippen molar-refractivity contribution in [2.75, 3.05) is 13.1 Å². The molecule has 1 heterocycles. The van der Waals surface area contributed by atoms with Crippen molar-refractivity contribution >= 4 is 0 Å². The van der Waals surface area contributed by atoms with E-state index in [0.717, 1.165) is 6.54 Å². The second-order valence-corrected chi connectivity index (χ2v) is 5.64. The first kappa shape index (κ1) is 9.38. The molecule has 0 aromatic heterocycles. The number of likely N-dealkylation sites (tertiary alicyclic amines) is 1. The molecule has 0 bridgehead atoms. The molecule has 1 saturated heterocycles. The van der Waals surface area contributed by atoms with Gasteiger partial charge in [0.15, 0.2) is 0 Å². The molecule has 2 unspecified atom stereocenters. The first-order valence-electron chi connectivity index (χ1n) is 4.91. The van der Waals surface area contributed by atoms with Crippen LogP contribution in [0.2, 0.25) is 0 Å². The summed E-state index contributed by atoms with van der Waals surface area (Å²) in [5, 5.41) is 0. The molecule has 13 heavy (non-hydrogen) atoms. The van der Waals surface area contributed by atoms with Crippen molar-refractivity contribution < 1.29 is 8.78 Å². The number of alkyl halides is 2. The van der Waals surface area contributed by atoms with Crippen LogP contribution in [0.5, 0.6) is 0 Å². The lowest BCUT2D eigenvalue weighted by Crippen LogP contribution is -2.36. The van der Waals surface area contributed by atoms with Gasteiger partial charge in [0.2, 0.25) is 0 Å². The number of fused-ring (bicyclic) bond motifs is 1. The van der Waals surface area contributed by atoms with Crippen molar-refractivity contribution in [3.05, 3.63) is 0 Å². The Morgan fingerprint density at radius 1 is 1.38 bits per heavy atom. The summed E-state index contributed by atoms with van der Waals surface area (Å²) in [7, 11) is 0. The highest BCUT2D eigenvalue weighted by Gasteiger charge is 2.64. The average molecular weight is 189 g/mol. The lowest BCUT2D eigenvalue weighted by Gasteiger charge is -2.28. The molecule has 0 N–H and O–H groups in total. The first-order chi connectivity index (χ1) is 5.80. The molecule has 1 aliphatic carbocycles. The van der Waals surface area contributed by atoms with Gasteiger partial charge in [-0.1, -0.05) is 20.8 Å². The van der Waals surface area contributed by atoms with E-state index in [0.29, 0.717) is 6.42 Å². The highest BCUT2D eigenvalue weighted by Crippen LogP contribution is 2.53. The lowest BCUT2D eigenvalue weighted by atomic mass is 9.96. The van der Waals surface area contributed by atoms with Crippen molar-refractivity contribution in [2.24, 2.45) is 11.3 Å². The zero-order chi connectivity index (χ0) is 9.85. The maximum Gasteiger partial charge on any atom is 0.264 e.